The van der Waals surface area contributed by atoms with Crippen molar-refractivity contribution in [1.29, 1.82) is 5.26 Å². The number of methoxy groups -OCH3 is 1. The lowest BCUT2D eigenvalue weighted by atomic mass is 10.0. The van der Waals surface area contributed by atoms with Crippen LogP contribution < -0.4 is 4.74 Å². The van der Waals surface area contributed by atoms with Crippen molar-refractivity contribution in [2.45, 2.75) is 0 Å². The molecule has 1 aromatic heterocycles. The second-order valence-corrected chi connectivity index (χ2v) is 4.01. The summed E-state index contributed by atoms with van der Waals surface area (Å²) in [4.78, 5) is 16.2. The van der Waals surface area contributed by atoms with E-state index >= 15 is 0 Å². The number of nitrogens with zero attached hydrogens (tertiary/aromatic N) is 2. The van der Waals surface area contributed by atoms with Gasteiger partial charge in [0.05, 0.1) is 7.11 Å². The van der Waals surface area contributed by atoms with E-state index in [1.165, 1.54) is 6.08 Å². The van der Waals surface area contributed by atoms with Crippen LogP contribution in [0.2, 0.25) is 0 Å². The number of ether oxygens (including phenoxy) is 1. The van der Waals surface area contributed by atoms with Gasteiger partial charge in [0.2, 0.25) is 5.78 Å². The number of pyridine rings is 1. The molecule has 1 aromatic carbocycles. The van der Waals surface area contributed by atoms with E-state index in [2.05, 4.69) is 4.98 Å². The minimum Gasteiger partial charge on any atom is -0.497 e. The molecular weight excluding hydrogens is 252 g/mol. The smallest absolute Gasteiger partial charge is 0.203 e. The Morgan fingerprint density at radius 3 is 2.60 bits per heavy atom. The highest BCUT2D eigenvalue weighted by Crippen LogP contribution is 2.16. The largest absolute Gasteiger partial charge is 0.497 e. The molecule has 0 radical (unpaired) electrons. The van der Waals surface area contributed by atoms with Gasteiger partial charge in [-0.25, -0.2) is 0 Å². The third-order valence-corrected chi connectivity index (χ3v) is 2.71. The maximum absolute atomic E-state index is 12.2. The van der Waals surface area contributed by atoms with Crippen LogP contribution in [0.15, 0.2) is 54.4 Å². The Balaban J connectivity index is 2.30. The van der Waals surface area contributed by atoms with E-state index in [9.17, 15) is 4.79 Å². The number of hydrogen-bond donors (Lipinski definition) is 0. The minimum absolute atomic E-state index is 0.0724. The van der Waals surface area contributed by atoms with Crippen LogP contribution in [0.5, 0.6) is 5.75 Å². The molecule has 0 aliphatic rings. The van der Waals surface area contributed by atoms with Crippen LogP contribution >= 0.6 is 0 Å². The van der Waals surface area contributed by atoms with E-state index in [1.54, 1.807) is 55.9 Å². The monoisotopic (exact) mass is 264 g/mol. The molecule has 4 heteroatoms. The minimum atomic E-state index is -0.320. The van der Waals surface area contributed by atoms with Gasteiger partial charge in [0.15, 0.2) is 0 Å². The lowest BCUT2D eigenvalue weighted by Crippen LogP contribution is -2.01. The van der Waals surface area contributed by atoms with E-state index in [-0.39, 0.29) is 11.4 Å². The molecule has 4 nitrogen and oxygen atoms in total. The number of allylic oxidation sites excluding steroid dienone is 1. The third-order valence-electron chi connectivity index (χ3n) is 2.71. The molecule has 2 rings (SSSR count). The Bertz CT molecular complexity index is 668. The van der Waals surface area contributed by atoms with Gasteiger partial charge < -0.3 is 4.74 Å². The first kappa shape index (κ1) is 13.5. The highest BCUT2D eigenvalue weighted by Gasteiger charge is 2.12. The van der Waals surface area contributed by atoms with Crippen LogP contribution in [-0.2, 0) is 0 Å². The maximum atomic E-state index is 12.2. The SMILES string of the molecule is COc1ccc(C(=O)/C(C#N)=C\c2cccnc2)cc1. The Labute approximate surface area is 117 Å². The number of carbonyl (C=O) groups is 1. The number of carbonyl (C=O) groups excluding carboxylic acids is 1. The van der Waals surface area contributed by atoms with Gasteiger partial charge in [-0.3, -0.25) is 9.78 Å². The standard InChI is InChI=1S/C16H12N2O2/c1-20-15-6-4-13(5-7-15)16(19)14(10-17)9-12-3-2-8-18-11-12/h2-9,11H,1H3/b14-9-. The maximum Gasteiger partial charge on any atom is 0.203 e. The summed E-state index contributed by atoms with van der Waals surface area (Å²) < 4.78 is 5.03. The first-order valence-electron chi connectivity index (χ1n) is 5.95. The molecule has 0 spiro atoms. The van der Waals surface area contributed by atoms with Crippen LogP contribution in [0.4, 0.5) is 0 Å². The van der Waals surface area contributed by atoms with Crippen LogP contribution in [0.25, 0.3) is 6.08 Å². The molecule has 2 aromatic rings. The summed E-state index contributed by atoms with van der Waals surface area (Å²) in [6, 6.07) is 12.1. The van der Waals surface area contributed by atoms with E-state index in [0.717, 1.165) is 0 Å². The molecule has 0 unspecified atom stereocenters. The lowest BCUT2D eigenvalue weighted by Gasteiger charge is -2.02. The summed E-state index contributed by atoms with van der Waals surface area (Å²) in [6.45, 7) is 0. The van der Waals surface area contributed by atoms with Gasteiger partial charge in [-0.05, 0) is 42.0 Å². The quantitative estimate of drug-likeness (QED) is 0.484. The van der Waals surface area contributed by atoms with Crippen molar-refractivity contribution in [2.75, 3.05) is 7.11 Å². The average molecular weight is 264 g/mol. The summed E-state index contributed by atoms with van der Waals surface area (Å²) in [6.07, 6.45) is 4.76. The zero-order valence-electron chi connectivity index (χ0n) is 10.9. The van der Waals surface area contributed by atoms with Crippen molar-refractivity contribution < 1.29 is 9.53 Å². The van der Waals surface area contributed by atoms with E-state index in [0.29, 0.717) is 16.9 Å². The zero-order valence-corrected chi connectivity index (χ0v) is 10.9. The van der Waals surface area contributed by atoms with Gasteiger partial charge in [-0.2, -0.15) is 5.26 Å². The van der Waals surface area contributed by atoms with Gasteiger partial charge in [0, 0.05) is 18.0 Å². The Morgan fingerprint density at radius 1 is 1.30 bits per heavy atom. The molecule has 0 saturated heterocycles. The number of aromatic nitrogens is 1. The predicted molar refractivity (Wildman–Crippen MR) is 75.2 cm³/mol. The summed E-state index contributed by atoms with van der Waals surface area (Å²) in [5.41, 5.74) is 1.23. The fraction of sp³-hybridized carbons (Fsp3) is 0.0625. The van der Waals surface area contributed by atoms with Gasteiger partial charge in [-0.15, -0.1) is 0 Å². The van der Waals surface area contributed by atoms with E-state index < -0.39 is 0 Å². The third kappa shape index (κ3) is 3.09. The summed E-state index contributed by atoms with van der Waals surface area (Å²) in [5, 5.41) is 9.14. The molecule has 0 saturated carbocycles. The fourth-order valence-corrected chi connectivity index (χ4v) is 1.67. The van der Waals surface area contributed by atoms with Gasteiger partial charge >= 0.3 is 0 Å². The molecule has 0 fully saturated rings. The second kappa shape index (κ2) is 6.30. The number of nitriles is 1. The molecular formula is C16H12N2O2. The van der Waals surface area contributed by atoms with Crippen molar-refractivity contribution >= 4 is 11.9 Å². The number of rotatable bonds is 4. The molecule has 1 heterocycles. The second-order valence-electron chi connectivity index (χ2n) is 4.01. The van der Waals surface area contributed by atoms with Crippen molar-refractivity contribution in [1.82, 2.24) is 4.98 Å². The van der Waals surface area contributed by atoms with Crippen LogP contribution in [0.3, 0.4) is 0 Å². The zero-order chi connectivity index (χ0) is 14.4. The lowest BCUT2D eigenvalue weighted by molar-refractivity contribution is 0.104. The van der Waals surface area contributed by atoms with Crippen LogP contribution in [-0.4, -0.2) is 17.9 Å². The Kier molecular flexibility index (Phi) is 4.25. The number of hydrogen-bond acceptors (Lipinski definition) is 4. The normalized spacial score (nSPS) is 10.7. The average Bonchev–Trinajstić information content (AvgIpc) is 2.53. The number of Topliss-reactive ketones (excluding diaryl/α,β-unsaturated/α-hetero) is 1. The summed E-state index contributed by atoms with van der Waals surface area (Å²) >= 11 is 0. The van der Waals surface area contributed by atoms with Crippen LogP contribution in [0.1, 0.15) is 15.9 Å². The van der Waals surface area contributed by atoms with Crippen LogP contribution in [0, 0.1) is 11.3 Å². The van der Waals surface area contributed by atoms with Gasteiger partial charge in [0.25, 0.3) is 0 Å². The van der Waals surface area contributed by atoms with Crippen molar-refractivity contribution in [3.8, 4) is 11.8 Å². The predicted octanol–water partition coefficient (Wildman–Crippen LogP) is 2.88. The molecule has 0 atom stereocenters. The fourth-order valence-electron chi connectivity index (χ4n) is 1.67. The molecule has 0 bridgehead atoms. The molecule has 0 aliphatic heterocycles. The van der Waals surface area contributed by atoms with Gasteiger partial charge in [0.1, 0.15) is 17.4 Å². The Morgan fingerprint density at radius 2 is 2.05 bits per heavy atom. The highest BCUT2D eigenvalue weighted by molar-refractivity contribution is 6.14. The highest BCUT2D eigenvalue weighted by atomic mass is 16.5. The molecule has 0 amide bonds. The van der Waals surface area contributed by atoms with Crippen molar-refractivity contribution in [3.63, 3.8) is 0 Å². The van der Waals surface area contributed by atoms with Crippen molar-refractivity contribution in [2.24, 2.45) is 0 Å². The number of benzene rings is 1. The first-order valence-corrected chi connectivity index (χ1v) is 5.95. The topological polar surface area (TPSA) is 63.0 Å². The van der Waals surface area contributed by atoms with E-state index in [1.807, 2.05) is 6.07 Å². The van der Waals surface area contributed by atoms with E-state index in [4.69, 9.17) is 10.00 Å². The first-order chi connectivity index (χ1) is 9.74. The summed E-state index contributed by atoms with van der Waals surface area (Å²) in [5.74, 6) is 0.343. The summed E-state index contributed by atoms with van der Waals surface area (Å²) in [7, 11) is 1.56. The molecule has 0 N–H and O–H groups in total. The molecule has 0 aliphatic carbocycles. The molecule has 20 heavy (non-hydrogen) atoms. The molecule has 98 valence electrons. The Hall–Kier alpha value is -2.93. The van der Waals surface area contributed by atoms with Gasteiger partial charge in [-0.1, -0.05) is 6.07 Å². The van der Waals surface area contributed by atoms with Crippen molar-refractivity contribution in [3.05, 3.63) is 65.5 Å². The number of ketones is 1.